The summed E-state index contributed by atoms with van der Waals surface area (Å²) in [6.45, 7) is 0.498. The fourth-order valence-electron chi connectivity index (χ4n) is 1.70. The highest BCUT2D eigenvalue weighted by molar-refractivity contribution is 9.10. The van der Waals surface area contributed by atoms with Crippen LogP contribution < -0.4 is 5.32 Å². The van der Waals surface area contributed by atoms with Crippen molar-refractivity contribution in [2.75, 3.05) is 11.9 Å². The van der Waals surface area contributed by atoms with Gasteiger partial charge in [0.15, 0.2) is 4.34 Å². The third-order valence-electron chi connectivity index (χ3n) is 2.61. The molecule has 1 aliphatic heterocycles. The Labute approximate surface area is 132 Å². The van der Waals surface area contributed by atoms with E-state index in [0.717, 1.165) is 20.9 Å². The number of halogens is 1. The van der Waals surface area contributed by atoms with Gasteiger partial charge in [-0.1, -0.05) is 45.1 Å². The molecule has 3 rings (SSSR count). The Hall–Kier alpha value is -1.12. The zero-order valence-corrected chi connectivity index (χ0v) is 13.4. The van der Waals surface area contributed by atoms with Crippen LogP contribution in [0.2, 0.25) is 0 Å². The first-order valence-corrected chi connectivity index (χ1v) is 8.39. The summed E-state index contributed by atoms with van der Waals surface area (Å²) < 4.78 is 6.69. The van der Waals surface area contributed by atoms with Crippen LogP contribution in [0.25, 0.3) is 0 Å². The van der Waals surface area contributed by atoms with Crippen LogP contribution in [-0.4, -0.2) is 28.0 Å². The highest BCUT2D eigenvalue weighted by Crippen LogP contribution is 2.34. The van der Waals surface area contributed by atoms with Crippen molar-refractivity contribution in [2.45, 2.75) is 16.0 Å². The number of carbonyl (C=O) groups excluding carboxylic acids is 1. The summed E-state index contributed by atoms with van der Waals surface area (Å²) in [5, 5.41) is 11.9. The minimum Gasteiger partial charge on any atom is -0.465 e. The third kappa shape index (κ3) is 3.31. The molecule has 1 saturated heterocycles. The van der Waals surface area contributed by atoms with Crippen molar-refractivity contribution in [3.05, 3.63) is 28.7 Å². The molecule has 20 heavy (non-hydrogen) atoms. The van der Waals surface area contributed by atoms with Gasteiger partial charge in [-0.3, -0.25) is 4.79 Å². The molecule has 1 unspecified atom stereocenters. The lowest BCUT2D eigenvalue weighted by atomic mass is 10.3. The molecular weight excluding hydrogens is 362 g/mol. The number of thioether (sulfide) groups is 1. The van der Waals surface area contributed by atoms with E-state index in [0.29, 0.717) is 11.7 Å². The molecule has 1 aromatic heterocycles. The van der Waals surface area contributed by atoms with Gasteiger partial charge in [0.05, 0.1) is 6.61 Å². The lowest BCUT2D eigenvalue weighted by molar-refractivity contribution is -0.137. The maximum Gasteiger partial charge on any atom is 0.319 e. The summed E-state index contributed by atoms with van der Waals surface area (Å²) in [6, 6.07) is 7.81. The topological polar surface area (TPSA) is 64.1 Å². The van der Waals surface area contributed by atoms with E-state index in [-0.39, 0.29) is 11.2 Å². The van der Waals surface area contributed by atoms with Gasteiger partial charge in [-0.2, -0.15) is 0 Å². The molecule has 8 heteroatoms. The van der Waals surface area contributed by atoms with Gasteiger partial charge in [0.25, 0.3) is 0 Å². The van der Waals surface area contributed by atoms with Gasteiger partial charge < -0.3 is 10.1 Å². The maximum atomic E-state index is 11.4. The predicted octanol–water partition coefficient (Wildman–Crippen LogP) is 3.45. The van der Waals surface area contributed by atoms with Crippen molar-refractivity contribution in [1.29, 1.82) is 0 Å². The zero-order valence-electron chi connectivity index (χ0n) is 10.2. The van der Waals surface area contributed by atoms with Crippen LogP contribution in [0, 0.1) is 0 Å². The second-order valence-corrected chi connectivity index (χ2v) is 7.41. The highest BCUT2D eigenvalue weighted by Gasteiger charge is 2.28. The standard InChI is InChI=1S/C12H10BrN3O2S2/c13-7-2-1-3-8(6-7)14-11-15-16-12(20-11)19-9-4-5-18-10(9)17/h1-3,6,9H,4-5H2,(H,14,15). The number of aromatic nitrogens is 2. The second kappa shape index (κ2) is 6.11. The molecule has 1 aliphatic rings. The molecule has 104 valence electrons. The minimum atomic E-state index is -0.160. The van der Waals surface area contributed by atoms with Crippen LogP contribution in [0.1, 0.15) is 6.42 Å². The molecule has 1 fully saturated rings. The van der Waals surface area contributed by atoms with Crippen molar-refractivity contribution < 1.29 is 9.53 Å². The van der Waals surface area contributed by atoms with Gasteiger partial charge in [0.2, 0.25) is 5.13 Å². The normalized spacial score (nSPS) is 18.1. The first-order valence-electron chi connectivity index (χ1n) is 5.90. The monoisotopic (exact) mass is 371 g/mol. The highest BCUT2D eigenvalue weighted by atomic mass is 79.9. The largest absolute Gasteiger partial charge is 0.465 e. The van der Waals surface area contributed by atoms with Gasteiger partial charge in [-0.25, -0.2) is 0 Å². The van der Waals surface area contributed by atoms with E-state index in [2.05, 4.69) is 31.4 Å². The molecule has 0 bridgehead atoms. The fourth-order valence-corrected chi connectivity index (χ4v) is 4.09. The number of nitrogens with zero attached hydrogens (tertiary/aromatic N) is 2. The summed E-state index contributed by atoms with van der Waals surface area (Å²) in [5.74, 6) is -0.160. The summed E-state index contributed by atoms with van der Waals surface area (Å²) in [4.78, 5) is 11.4. The number of hydrogen-bond acceptors (Lipinski definition) is 7. The number of rotatable bonds is 4. The second-order valence-electron chi connectivity index (χ2n) is 4.07. The molecule has 0 radical (unpaired) electrons. The molecule has 5 nitrogen and oxygen atoms in total. The average Bonchev–Trinajstić information content (AvgIpc) is 3.01. The molecule has 1 aromatic carbocycles. The van der Waals surface area contributed by atoms with E-state index in [4.69, 9.17) is 4.74 Å². The van der Waals surface area contributed by atoms with E-state index in [1.807, 2.05) is 24.3 Å². The Morgan fingerprint density at radius 3 is 3.10 bits per heavy atom. The van der Waals surface area contributed by atoms with E-state index in [1.165, 1.54) is 23.1 Å². The smallest absolute Gasteiger partial charge is 0.319 e. The Balaban J connectivity index is 1.66. The van der Waals surface area contributed by atoms with Gasteiger partial charge in [0.1, 0.15) is 5.25 Å². The number of nitrogens with one attached hydrogen (secondary N) is 1. The van der Waals surface area contributed by atoms with Crippen molar-refractivity contribution >= 4 is 55.8 Å². The Bertz CT molecular complexity index is 635. The number of anilines is 2. The molecule has 0 spiro atoms. The van der Waals surface area contributed by atoms with Crippen molar-refractivity contribution in [1.82, 2.24) is 10.2 Å². The van der Waals surface area contributed by atoms with Crippen LogP contribution in [0.4, 0.5) is 10.8 Å². The van der Waals surface area contributed by atoms with E-state index in [9.17, 15) is 4.79 Å². The van der Waals surface area contributed by atoms with Crippen LogP contribution in [0.5, 0.6) is 0 Å². The summed E-state index contributed by atoms with van der Waals surface area (Å²) in [6.07, 6.45) is 0.734. The third-order valence-corrected chi connectivity index (χ3v) is 5.27. The molecule has 2 heterocycles. The number of benzene rings is 1. The first-order chi connectivity index (χ1) is 9.70. The molecule has 0 saturated carbocycles. The number of esters is 1. The van der Waals surface area contributed by atoms with Crippen molar-refractivity contribution in [2.24, 2.45) is 0 Å². The zero-order chi connectivity index (χ0) is 13.9. The summed E-state index contributed by atoms with van der Waals surface area (Å²) in [7, 11) is 0. The number of ether oxygens (including phenoxy) is 1. The van der Waals surface area contributed by atoms with Crippen LogP contribution >= 0.6 is 39.0 Å². The number of hydrogen-bond donors (Lipinski definition) is 1. The van der Waals surface area contributed by atoms with E-state index in [1.54, 1.807) is 0 Å². The molecule has 0 amide bonds. The lowest BCUT2D eigenvalue weighted by Crippen LogP contribution is -2.08. The summed E-state index contributed by atoms with van der Waals surface area (Å²) >= 11 is 6.26. The average molecular weight is 372 g/mol. The molecule has 2 aromatic rings. The van der Waals surface area contributed by atoms with Gasteiger partial charge in [-0.15, -0.1) is 10.2 Å². The fraction of sp³-hybridized carbons (Fsp3) is 0.250. The van der Waals surface area contributed by atoms with E-state index < -0.39 is 0 Å². The van der Waals surface area contributed by atoms with Gasteiger partial charge in [0, 0.05) is 16.6 Å². The molecule has 1 N–H and O–H groups in total. The lowest BCUT2D eigenvalue weighted by Gasteiger charge is -2.01. The minimum absolute atomic E-state index is 0.151. The summed E-state index contributed by atoms with van der Waals surface area (Å²) in [5.41, 5.74) is 0.937. The predicted molar refractivity (Wildman–Crippen MR) is 82.6 cm³/mol. The first kappa shape index (κ1) is 13.8. The SMILES string of the molecule is O=C1OCCC1Sc1nnc(Nc2cccc(Br)c2)s1. The Morgan fingerprint density at radius 1 is 1.45 bits per heavy atom. The van der Waals surface area contributed by atoms with Gasteiger partial charge >= 0.3 is 5.97 Å². The Kier molecular flexibility index (Phi) is 4.23. The Morgan fingerprint density at radius 2 is 2.35 bits per heavy atom. The quantitative estimate of drug-likeness (QED) is 0.830. The maximum absolute atomic E-state index is 11.4. The number of carbonyl (C=O) groups is 1. The van der Waals surface area contributed by atoms with Gasteiger partial charge in [-0.05, 0) is 18.2 Å². The molecule has 1 atom stereocenters. The number of cyclic esters (lactones) is 1. The van der Waals surface area contributed by atoms with Crippen LogP contribution in [0.15, 0.2) is 33.1 Å². The van der Waals surface area contributed by atoms with E-state index >= 15 is 0 Å². The van der Waals surface area contributed by atoms with Crippen LogP contribution in [0.3, 0.4) is 0 Å². The van der Waals surface area contributed by atoms with Crippen molar-refractivity contribution in [3.63, 3.8) is 0 Å². The van der Waals surface area contributed by atoms with Crippen LogP contribution in [-0.2, 0) is 9.53 Å². The van der Waals surface area contributed by atoms with Crippen molar-refractivity contribution in [3.8, 4) is 0 Å². The molecular formula is C12H10BrN3O2S2. The molecule has 0 aliphatic carbocycles.